The first-order chi connectivity index (χ1) is 9.77. The summed E-state index contributed by atoms with van der Waals surface area (Å²) in [6.45, 7) is -0.127. The van der Waals surface area contributed by atoms with Crippen molar-refractivity contribution >= 4 is 22.0 Å². The topological polar surface area (TPSA) is 101 Å². The number of carbonyl (C=O) groups excluding carboxylic acids is 1. The van der Waals surface area contributed by atoms with E-state index in [4.69, 9.17) is 5.11 Å². The van der Waals surface area contributed by atoms with Crippen LogP contribution in [-0.2, 0) is 25.3 Å². The van der Waals surface area contributed by atoms with Crippen molar-refractivity contribution in [1.29, 1.82) is 0 Å². The fourth-order valence-corrected chi connectivity index (χ4v) is 2.89. The number of rotatable bonds is 7. The molecule has 0 atom stereocenters. The Bertz CT molecular complexity index is 625. The van der Waals surface area contributed by atoms with E-state index in [0.29, 0.717) is 5.56 Å². The molecular weight excluding hydrogens is 298 g/mol. The number of benzene rings is 1. The van der Waals surface area contributed by atoms with E-state index in [1.54, 1.807) is 12.1 Å². The normalized spacial score (nSPS) is 11.4. The van der Waals surface area contributed by atoms with Crippen molar-refractivity contribution in [3.8, 4) is 0 Å². The van der Waals surface area contributed by atoms with Crippen molar-refractivity contribution in [2.24, 2.45) is 0 Å². The highest BCUT2D eigenvalue weighted by atomic mass is 32.2. The van der Waals surface area contributed by atoms with Crippen molar-refractivity contribution in [3.63, 3.8) is 0 Å². The summed E-state index contributed by atoms with van der Waals surface area (Å²) in [5.74, 6) is -2.09. The van der Waals surface area contributed by atoms with Gasteiger partial charge in [0.2, 0.25) is 10.0 Å². The molecule has 0 fully saturated rings. The van der Waals surface area contributed by atoms with Crippen molar-refractivity contribution in [3.05, 3.63) is 35.4 Å². The molecule has 1 rings (SSSR count). The lowest BCUT2D eigenvalue weighted by molar-refractivity contribution is -0.137. The van der Waals surface area contributed by atoms with Crippen LogP contribution in [0.2, 0.25) is 0 Å². The number of methoxy groups -OCH3 is 1. The van der Waals surface area contributed by atoms with Crippen molar-refractivity contribution in [2.75, 3.05) is 20.7 Å². The van der Waals surface area contributed by atoms with Gasteiger partial charge in [-0.05, 0) is 11.6 Å². The number of carboxylic acids is 1. The third-order valence-corrected chi connectivity index (χ3v) is 4.68. The Morgan fingerprint density at radius 1 is 1.29 bits per heavy atom. The number of nitrogens with zero attached hydrogens (tertiary/aromatic N) is 1. The average Bonchev–Trinajstić information content (AvgIpc) is 2.43. The lowest BCUT2D eigenvalue weighted by Gasteiger charge is -2.17. The minimum atomic E-state index is -3.71. The van der Waals surface area contributed by atoms with E-state index in [2.05, 4.69) is 4.74 Å². The Balaban J connectivity index is 2.94. The first-order valence-electron chi connectivity index (χ1n) is 6.10. The smallest absolute Gasteiger partial charge is 0.338 e. The highest BCUT2D eigenvalue weighted by Crippen LogP contribution is 2.15. The van der Waals surface area contributed by atoms with Crippen LogP contribution >= 0.6 is 0 Å². The molecule has 116 valence electrons. The number of ether oxygens (including phenoxy) is 1. The lowest BCUT2D eigenvalue weighted by Crippen LogP contribution is -2.30. The second-order valence-electron chi connectivity index (χ2n) is 4.37. The molecule has 1 N–H and O–H groups in total. The zero-order valence-corrected chi connectivity index (χ0v) is 12.6. The van der Waals surface area contributed by atoms with Gasteiger partial charge in [-0.1, -0.05) is 18.2 Å². The molecule has 0 amide bonds. The summed E-state index contributed by atoms with van der Waals surface area (Å²) in [4.78, 5) is 22.1. The molecule has 0 spiro atoms. The van der Waals surface area contributed by atoms with Crippen molar-refractivity contribution in [1.82, 2.24) is 4.31 Å². The summed E-state index contributed by atoms with van der Waals surface area (Å²) < 4.78 is 29.9. The Hall–Kier alpha value is -1.93. The Labute approximate surface area is 123 Å². The van der Waals surface area contributed by atoms with Crippen molar-refractivity contribution in [2.45, 2.75) is 12.2 Å². The van der Waals surface area contributed by atoms with Gasteiger partial charge in [0.05, 0.1) is 24.8 Å². The van der Waals surface area contributed by atoms with Crippen LogP contribution in [-0.4, -0.2) is 50.5 Å². The summed E-state index contributed by atoms with van der Waals surface area (Å²) >= 11 is 0. The zero-order valence-electron chi connectivity index (χ0n) is 11.8. The Kier molecular flexibility index (Phi) is 5.86. The second-order valence-corrected chi connectivity index (χ2v) is 6.45. The quantitative estimate of drug-likeness (QED) is 0.744. The van der Waals surface area contributed by atoms with E-state index < -0.39 is 27.7 Å². The van der Waals surface area contributed by atoms with E-state index in [0.717, 1.165) is 4.31 Å². The van der Waals surface area contributed by atoms with E-state index in [9.17, 15) is 18.0 Å². The largest absolute Gasteiger partial charge is 0.481 e. The fourth-order valence-electron chi connectivity index (χ4n) is 1.65. The van der Waals surface area contributed by atoms with Crippen LogP contribution in [0.25, 0.3) is 0 Å². The van der Waals surface area contributed by atoms with Gasteiger partial charge < -0.3 is 9.84 Å². The van der Waals surface area contributed by atoms with Crippen LogP contribution in [0.5, 0.6) is 0 Å². The van der Waals surface area contributed by atoms with Gasteiger partial charge >= 0.3 is 11.9 Å². The van der Waals surface area contributed by atoms with Gasteiger partial charge in [-0.15, -0.1) is 0 Å². The maximum Gasteiger partial charge on any atom is 0.338 e. The minimum absolute atomic E-state index is 0.127. The molecule has 0 saturated heterocycles. The van der Waals surface area contributed by atoms with Crippen LogP contribution in [0.15, 0.2) is 24.3 Å². The number of esters is 1. The predicted molar refractivity (Wildman–Crippen MR) is 75.3 cm³/mol. The highest BCUT2D eigenvalue weighted by Gasteiger charge is 2.22. The molecule has 0 unspecified atom stereocenters. The molecule has 0 aliphatic heterocycles. The molecule has 0 heterocycles. The molecule has 0 saturated carbocycles. The Morgan fingerprint density at radius 2 is 1.90 bits per heavy atom. The number of aliphatic carboxylic acids is 1. The molecular formula is C13H17NO6S. The van der Waals surface area contributed by atoms with Crippen LogP contribution in [0.3, 0.4) is 0 Å². The Morgan fingerprint density at radius 3 is 2.48 bits per heavy atom. The minimum Gasteiger partial charge on any atom is -0.481 e. The molecule has 0 radical (unpaired) electrons. The van der Waals surface area contributed by atoms with Gasteiger partial charge in [0.15, 0.2) is 0 Å². The third kappa shape index (κ3) is 4.83. The number of hydrogen-bond donors (Lipinski definition) is 1. The zero-order chi connectivity index (χ0) is 16.0. The lowest BCUT2D eigenvalue weighted by atomic mass is 10.1. The predicted octanol–water partition coefficient (Wildman–Crippen LogP) is 0.710. The standard InChI is InChI=1S/C13H17NO6S/c1-14(8-7-12(15)16)21(18,19)9-10-5-3-4-6-11(10)13(17)20-2/h3-6H,7-9H2,1-2H3,(H,15,16). The van der Waals surface area contributed by atoms with Gasteiger partial charge in [0, 0.05) is 13.6 Å². The first kappa shape index (κ1) is 17.1. The van der Waals surface area contributed by atoms with Gasteiger partial charge in [0.1, 0.15) is 0 Å². The van der Waals surface area contributed by atoms with Crippen LogP contribution in [0.4, 0.5) is 0 Å². The molecule has 0 aliphatic rings. The highest BCUT2D eigenvalue weighted by molar-refractivity contribution is 7.88. The van der Waals surface area contributed by atoms with Gasteiger partial charge in [0.25, 0.3) is 0 Å². The van der Waals surface area contributed by atoms with E-state index in [1.807, 2.05) is 0 Å². The molecule has 0 aromatic heterocycles. The first-order valence-corrected chi connectivity index (χ1v) is 7.71. The number of sulfonamides is 1. The van der Waals surface area contributed by atoms with E-state index in [1.165, 1.54) is 26.3 Å². The number of hydrogen-bond acceptors (Lipinski definition) is 5. The van der Waals surface area contributed by atoms with Crippen LogP contribution < -0.4 is 0 Å². The molecule has 8 heteroatoms. The summed E-state index contributed by atoms with van der Waals surface area (Å²) in [6, 6.07) is 6.23. The van der Waals surface area contributed by atoms with Gasteiger partial charge in [-0.3, -0.25) is 4.79 Å². The summed E-state index contributed by atoms with van der Waals surface area (Å²) in [5.41, 5.74) is 0.488. The SMILES string of the molecule is COC(=O)c1ccccc1CS(=O)(=O)N(C)CCC(=O)O. The molecule has 0 aliphatic carbocycles. The number of carboxylic acid groups (broad SMARTS) is 1. The summed E-state index contributed by atoms with van der Waals surface area (Å²) in [5, 5.41) is 8.58. The van der Waals surface area contributed by atoms with Crippen molar-refractivity contribution < 1.29 is 27.9 Å². The third-order valence-electron chi connectivity index (χ3n) is 2.88. The maximum atomic E-state index is 12.2. The molecule has 7 nitrogen and oxygen atoms in total. The molecule has 1 aromatic carbocycles. The maximum absolute atomic E-state index is 12.2. The summed E-state index contributed by atoms with van der Waals surface area (Å²) in [7, 11) is -1.19. The van der Waals surface area contributed by atoms with Gasteiger partial charge in [-0.2, -0.15) is 0 Å². The summed E-state index contributed by atoms with van der Waals surface area (Å²) in [6.07, 6.45) is -0.283. The molecule has 21 heavy (non-hydrogen) atoms. The second kappa shape index (κ2) is 7.19. The van der Waals surface area contributed by atoms with Crippen LogP contribution in [0, 0.1) is 0 Å². The van der Waals surface area contributed by atoms with E-state index in [-0.39, 0.29) is 18.5 Å². The molecule has 1 aromatic rings. The number of carbonyl (C=O) groups is 2. The fraction of sp³-hybridized carbons (Fsp3) is 0.385. The van der Waals surface area contributed by atoms with Gasteiger partial charge in [-0.25, -0.2) is 17.5 Å². The monoisotopic (exact) mass is 315 g/mol. The van der Waals surface area contributed by atoms with E-state index >= 15 is 0 Å². The average molecular weight is 315 g/mol. The van der Waals surface area contributed by atoms with Crippen LogP contribution in [0.1, 0.15) is 22.3 Å². The molecule has 0 bridgehead atoms.